The Morgan fingerprint density at radius 2 is 1.86 bits per heavy atom. The van der Waals surface area contributed by atoms with Gasteiger partial charge in [0.1, 0.15) is 5.75 Å². The Balaban J connectivity index is 3.34. The lowest BCUT2D eigenvalue weighted by atomic mass is 10.1. The highest BCUT2D eigenvalue weighted by atomic mass is 16.3. The van der Waals surface area contributed by atoms with Crippen LogP contribution in [0.3, 0.4) is 0 Å². The molecule has 0 bridgehead atoms. The van der Waals surface area contributed by atoms with Gasteiger partial charge < -0.3 is 5.11 Å². The van der Waals surface area contributed by atoms with Crippen molar-refractivity contribution in [1.82, 2.24) is 0 Å². The largest absolute Gasteiger partial charge is 0.506 e. The zero-order valence-electron chi connectivity index (χ0n) is 7.35. The van der Waals surface area contributed by atoms with Crippen LogP contribution in [0.4, 0.5) is 0 Å². The molecule has 1 N–H and O–H groups in total. The lowest BCUT2D eigenvalue weighted by molar-refractivity contribution is 0.0998. The number of nitroso groups, excluding NO2 is 1. The lowest BCUT2D eigenvalue weighted by Crippen LogP contribution is -1.99. The summed E-state index contributed by atoms with van der Waals surface area (Å²) in [7, 11) is 0. The van der Waals surface area contributed by atoms with Crippen LogP contribution in [0.1, 0.15) is 27.6 Å². The maximum atomic E-state index is 10.9. The van der Waals surface area contributed by atoms with E-state index >= 15 is 0 Å². The Labute approximate surface area is 79.3 Å². The molecule has 0 radical (unpaired) electrons. The highest BCUT2D eigenvalue weighted by molar-refractivity contribution is 6.04. The van der Waals surface area contributed by atoms with Crippen molar-refractivity contribution in [2.45, 2.75) is 6.92 Å². The van der Waals surface area contributed by atoms with Crippen molar-refractivity contribution in [3.63, 3.8) is 0 Å². The number of aromatic hydroxyl groups is 1. The van der Waals surface area contributed by atoms with Crippen molar-refractivity contribution < 1.29 is 14.7 Å². The quantitative estimate of drug-likeness (QED) is 0.569. The molecule has 0 aliphatic rings. The first-order chi connectivity index (χ1) is 6.57. The van der Waals surface area contributed by atoms with Gasteiger partial charge >= 0.3 is 5.91 Å². The predicted molar refractivity (Wildman–Crippen MR) is 48.2 cm³/mol. The summed E-state index contributed by atoms with van der Waals surface area (Å²) >= 11 is 0. The first-order valence-corrected chi connectivity index (χ1v) is 3.78. The van der Waals surface area contributed by atoms with E-state index in [1.54, 1.807) is 0 Å². The number of benzene rings is 1. The van der Waals surface area contributed by atoms with Crippen LogP contribution in [0, 0.1) is 4.91 Å². The highest BCUT2D eigenvalue weighted by Gasteiger charge is 2.16. The van der Waals surface area contributed by atoms with Gasteiger partial charge in [0.2, 0.25) is 0 Å². The number of hydrogen-bond donors (Lipinski definition) is 1. The van der Waals surface area contributed by atoms with E-state index in [2.05, 4.69) is 5.18 Å². The number of carbonyl (C=O) groups excluding carboxylic acids is 2. The van der Waals surface area contributed by atoms with Crippen molar-refractivity contribution >= 4 is 11.7 Å². The molecule has 0 spiro atoms. The minimum absolute atomic E-state index is 0.000463. The van der Waals surface area contributed by atoms with Crippen LogP contribution in [-0.4, -0.2) is 16.8 Å². The van der Waals surface area contributed by atoms with Gasteiger partial charge in [0, 0.05) is 5.18 Å². The summed E-state index contributed by atoms with van der Waals surface area (Å²) in [5.41, 5.74) is -0.257. The van der Waals surface area contributed by atoms with Gasteiger partial charge in [0.15, 0.2) is 5.78 Å². The van der Waals surface area contributed by atoms with E-state index in [4.69, 9.17) is 0 Å². The average Bonchev–Trinajstić information content (AvgIpc) is 2.16. The summed E-state index contributed by atoms with van der Waals surface area (Å²) < 4.78 is 0. The molecule has 1 aromatic rings. The van der Waals surface area contributed by atoms with Crippen molar-refractivity contribution in [3.8, 4) is 5.75 Å². The van der Waals surface area contributed by atoms with Crippen LogP contribution in [0.15, 0.2) is 23.4 Å². The molecule has 0 atom stereocenters. The first kappa shape index (κ1) is 10.0. The topological polar surface area (TPSA) is 83.8 Å². The van der Waals surface area contributed by atoms with Crippen LogP contribution in [-0.2, 0) is 0 Å². The van der Waals surface area contributed by atoms with E-state index in [1.165, 1.54) is 25.1 Å². The van der Waals surface area contributed by atoms with Gasteiger partial charge in [-0.3, -0.25) is 9.59 Å². The van der Waals surface area contributed by atoms with Crippen LogP contribution >= 0.6 is 0 Å². The van der Waals surface area contributed by atoms with Crippen LogP contribution < -0.4 is 0 Å². The van der Waals surface area contributed by atoms with E-state index in [0.29, 0.717) is 0 Å². The third-order valence-electron chi connectivity index (χ3n) is 1.73. The summed E-state index contributed by atoms with van der Waals surface area (Å²) in [6.45, 7) is 1.25. The Kier molecular flexibility index (Phi) is 2.71. The van der Waals surface area contributed by atoms with Crippen LogP contribution in [0.2, 0.25) is 0 Å². The number of rotatable bonds is 2. The van der Waals surface area contributed by atoms with E-state index in [1.807, 2.05) is 0 Å². The molecule has 1 amide bonds. The fraction of sp³-hybridized carbons (Fsp3) is 0.111. The summed E-state index contributed by atoms with van der Waals surface area (Å²) in [5.74, 6) is -1.97. The zero-order chi connectivity index (χ0) is 10.7. The fourth-order valence-corrected chi connectivity index (χ4v) is 1.05. The number of hydrogen-bond acceptors (Lipinski definition) is 4. The van der Waals surface area contributed by atoms with Gasteiger partial charge in [-0.05, 0) is 19.1 Å². The van der Waals surface area contributed by atoms with Crippen LogP contribution in [0.25, 0.3) is 0 Å². The Bertz CT molecular complexity index is 411. The van der Waals surface area contributed by atoms with E-state index in [9.17, 15) is 19.6 Å². The number of carbonyl (C=O) groups is 2. The number of ketones is 1. The Hall–Kier alpha value is -2.04. The number of Topliss-reactive ketones (excluding diaryl/α,β-unsaturated/α-hetero) is 1. The summed E-state index contributed by atoms with van der Waals surface area (Å²) in [6, 6.07) is 3.99. The third kappa shape index (κ3) is 1.66. The fourth-order valence-electron chi connectivity index (χ4n) is 1.05. The zero-order valence-corrected chi connectivity index (χ0v) is 7.35. The van der Waals surface area contributed by atoms with Gasteiger partial charge in [-0.25, -0.2) is 0 Å². The summed E-state index contributed by atoms with van der Waals surface area (Å²) in [5, 5.41) is 11.6. The average molecular weight is 193 g/mol. The molecule has 72 valence electrons. The number of para-hydroxylation sites is 1. The van der Waals surface area contributed by atoms with Gasteiger partial charge in [0.25, 0.3) is 0 Å². The number of amides is 1. The standard InChI is InChI=1S/C9H7NO4/c1-5(11)6-3-2-4-7(8(6)12)9(13)10-14/h2-4,12H,1H3. The number of phenolic OH excluding ortho intramolecular Hbond substituents is 1. The molecule has 1 rings (SSSR count). The normalized spacial score (nSPS) is 9.50. The molecule has 0 aliphatic heterocycles. The number of nitrogens with zero attached hydrogens (tertiary/aromatic N) is 1. The highest BCUT2D eigenvalue weighted by Crippen LogP contribution is 2.23. The van der Waals surface area contributed by atoms with Gasteiger partial charge in [-0.2, -0.15) is 0 Å². The van der Waals surface area contributed by atoms with Crippen molar-refractivity contribution in [1.29, 1.82) is 0 Å². The SMILES string of the molecule is CC(=O)c1cccc(C(=O)N=O)c1O. The smallest absolute Gasteiger partial charge is 0.320 e. The third-order valence-corrected chi connectivity index (χ3v) is 1.73. The maximum absolute atomic E-state index is 10.9. The molecule has 0 saturated heterocycles. The molecule has 14 heavy (non-hydrogen) atoms. The molecule has 5 heteroatoms. The van der Waals surface area contributed by atoms with Crippen molar-refractivity contribution in [2.75, 3.05) is 0 Å². The van der Waals surface area contributed by atoms with E-state index in [-0.39, 0.29) is 16.9 Å². The molecule has 0 saturated carbocycles. The molecule has 0 unspecified atom stereocenters. The predicted octanol–water partition coefficient (Wildman–Crippen LogP) is 1.50. The second kappa shape index (κ2) is 3.78. The molecule has 5 nitrogen and oxygen atoms in total. The number of phenols is 1. The lowest BCUT2D eigenvalue weighted by Gasteiger charge is -2.02. The van der Waals surface area contributed by atoms with Gasteiger partial charge in [-0.1, -0.05) is 6.07 Å². The minimum atomic E-state index is -1.09. The van der Waals surface area contributed by atoms with E-state index < -0.39 is 11.7 Å². The first-order valence-electron chi connectivity index (χ1n) is 3.78. The Morgan fingerprint density at radius 3 is 2.36 bits per heavy atom. The molecular weight excluding hydrogens is 186 g/mol. The molecular formula is C9H7NO4. The van der Waals surface area contributed by atoms with Crippen molar-refractivity contribution in [3.05, 3.63) is 34.2 Å². The molecule has 0 heterocycles. The van der Waals surface area contributed by atoms with Gasteiger partial charge in [0.05, 0.1) is 11.1 Å². The van der Waals surface area contributed by atoms with Crippen molar-refractivity contribution in [2.24, 2.45) is 5.18 Å². The Morgan fingerprint density at radius 1 is 1.29 bits per heavy atom. The minimum Gasteiger partial charge on any atom is -0.506 e. The monoisotopic (exact) mass is 193 g/mol. The molecule has 0 aromatic heterocycles. The van der Waals surface area contributed by atoms with Gasteiger partial charge in [-0.15, -0.1) is 4.91 Å². The molecule has 0 aliphatic carbocycles. The second-order valence-corrected chi connectivity index (χ2v) is 2.65. The summed E-state index contributed by atoms with van der Waals surface area (Å²) in [4.78, 5) is 31.8. The maximum Gasteiger partial charge on any atom is 0.320 e. The van der Waals surface area contributed by atoms with Crippen LogP contribution in [0.5, 0.6) is 5.75 Å². The molecule has 0 fully saturated rings. The second-order valence-electron chi connectivity index (χ2n) is 2.65. The summed E-state index contributed by atoms with van der Waals surface area (Å²) in [6.07, 6.45) is 0. The molecule has 1 aromatic carbocycles. The van der Waals surface area contributed by atoms with E-state index in [0.717, 1.165) is 0 Å².